The lowest BCUT2D eigenvalue weighted by molar-refractivity contribution is 0.566. The van der Waals surface area contributed by atoms with Gasteiger partial charge in [0, 0.05) is 17.7 Å². The average molecular weight is 383 g/mol. The van der Waals surface area contributed by atoms with Crippen LogP contribution in [0.2, 0.25) is 0 Å². The van der Waals surface area contributed by atoms with Crippen molar-refractivity contribution in [2.75, 3.05) is 0 Å². The molecule has 27 heavy (non-hydrogen) atoms. The Labute approximate surface area is 158 Å². The highest BCUT2D eigenvalue weighted by atomic mass is 32.2. The third-order valence-corrected chi connectivity index (χ3v) is 5.97. The van der Waals surface area contributed by atoms with Gasteiger partial charge in [0.05, 0.1) is 10.6 Å². The molecule has 0 bridgehead atoms. The molecule has 0 spiro atoms. The highest BCUT2D eigenvalue weighted by Gasteiger charge is 2.22. The second-order valence-electron chi connectivity index (χ2n) is 6.24. The Morgan fingerprint density at radius 1 is 1.07 bits per heavy atom. The van der Waals surface area contributed by atoms with Gasteiger partial charge in [-0.05, 0) is 36.6 Å². The van der Waals surface area contributed by atoms with E-state index in [0.717, 1.165) is 11.1 Å². The summed E-state index contributed by atoms with van der Waals surface area (Å²) in [6, 6.07) is 17.2. The van der Waals surface area contributed by atoms with E-state index >= 15 is 0 Å². The summed E-state index contributed by atoms with van der Waals surface area (Å²) < 4.78 is 28.8. The third kappa shape index (κ3) is 4.32. The van der Waals surface area contributed by atoms with Crippen LogP contribution in [0.5, 0.6) is 0 Å². The molecule has 2 aromatic carbocycles. The second-order valence-corrected chi connectivity index (χ2v) is 7.92. The zero-order valence-corrected chi connectivity index (χ0v) is 16.0. The molecule has 0 aliphatic rings. The maximum Gasteiger partial charge on any atom is 0.264 e. The number of rotatable bonds is 6. The van der Waals surface area contributed by atoms with Crippen molar-refractivity contribution >= 4 is 10.0 Å². The van der Waals surface area contributed by atoms with Crippen LogP contribution in [0, 0.1) is 0 Å². The molecule has 0 aliphatic carbocycles. The standard InChI is InChI=1S/C20H21N3O3S/c1-3-15-9-10-17(18-11-12-20(24)22-21-18)13-19(15)27(25,26)23-14(2)16-7-5-4-6-8-16/h4-14,23H,3H2,1-2H3,(H,22,24)/t14-/m0/s1. The number of nitrogens with zero attached hydrogens (tertiary/aromatic N) is 1. The summed E-state index contributed by atoms with van der Waals surface area (Å²) >= 11 is 0. The minimum Gasteiger partial charge on any atom is -0.268 e. The molecular weight excluding hydrogens is 362 g/mol. The molecule has 7 heteroatoms. The number of H-pyrrole nitrogens is 1. The smallest absolute Gasteiger partial charge is 0.264 e. The van der Waals surface area contributed by atoms with Gasteiger partial charge < -0.3 is 0 Å². The van der Waals surface area contributed by atoms with Crippen LogP contribution in [0.3, 0.4) is 0 Å². The van der Waals surface area contributed by atoms with Gasteiger partial charge >= 0.3 is 0 Å². The van der Waals surface area contributed by atoms with Crippen LogP contribution in [0.4, 0.5) is 0 Å². The molecule has 1 heterocycles. The van der Waals surface area contributed by atoms with Crippen LogP contribution in [0.15, 0.2) is 70.4 Å². The number of sulfonamides is 1. The fraction of sp³-hybridized carbons (Fsp3) is 0.200. The molecule has 0 aliphatic heterocycles. The van der Waals surface area contributed by atoms with Crippen LogP contribution < -0.4 is 10.3 Å². The Kier molecular flexibility index (Phi) is 5.53. The summed E-state index contributed by atoms with van der Waals surface area (Å²) in [6.07, 6.45) is 0.579. The van der Waals surface area contributed by atoms with E-state index in [1.54, 1.807) is 24.3 Å². The number of nitrogens with one attached hydrogen (secondary N) is 2. The van der Waals surface area contributed by atoms with E-state index in [4.69, 9.17) is 0 Å². The van der Waals surface area contributed by atoms with Crippen LogP contribution in [-0.4, -0.2) is 18.6 Å². The normalized spacial score (nSPS) is 12.7. The van der Waals surface area contributed by atoms with E-state index in [0.29, 0.717) is 17.7 Å². The predicted octanol–water partition coefficient (Wildman–Crippen LogP) is 3.04. The van der Waals surface area contributed by atoms with Crippen molar-refractivity contribution in [1.29, 1.82) is 0 Å². The Morgan fingerprint density at radius 3 is 2.44 bits per heavy atom. The Morgan fingerprint density at radius 2 is 1.81 bits per heavy atom. The summed E-state index contributed by atoms with van der Waals surface area (Å²) in [5, 5.41) is 6.35. The van der Waals surface area contributed by atoms with Gasteiger partial charge in [-0.3, -0.25) is 4.79 Å². The molecule has 1 aromatic heterocycles. The lowest BCUT2D eigenvalue weighted by Gasteiger charge is -2.17. The molecule has 3 rings (SSSR count). The van der Waals surface area contributed by atoms with Gasteiger partial charge in [-0.2, -0.15) is 5.10 Å². The summed E-state index contributed by atoms with van der Waals surface area (Å²) in [6.45, 7) is 3.72. The highest BCUT2D eigenvalue weighted by Crippen LogP contribution is 2.25. The van der Waals surface area contributed by atoms with Gasteiger partial charge in [0.1, 0.15) is 0 Å². The number of hydrogen-bond acceptors (Lipinski definition) is 4. The zero-order valence-electron chi connectivity index (χ0n) is 15.1. The molecule has 1 atom stereocenters. The summed E-state index contributed by atoms with van der Waals surface area (Å²) in [5.41, 5.74) is 2.42. The predicted molar refractivity (Wildman–Crippen MR) is 105 cm³/mol. The van der Waals surface area contributed by atoms with Crippen molar-refractivity contribution in [3.63, 3.8) is 0 Å². The van der Waals surface area contributed by atoms with Crippen molar-refractivity contribution in [2.45, 2.75) is 31.2 Å². The molecule has 3 aromatic rings. The quantitative estimate of drug-likeness (QED) is 0.684. The number of hydrogen-bond donors (Lipinski definition) is 2. The van der Waals surface area contributed by atoms with Crippen molar-refractivity contribution in [2.24, 2.45) is 0 Å². The van der Waals surface area contributed by atoms with Gasteiger partial charge in [-0.1, -0.05) is 49.4 Å². The van der Waals surface area contributed by atoms with E-state index in [1.807, 2.05) is 44.2 Å². The Hall–Kier alpha value is -2.77. The Bertz CT molecular complexity index is 1070. The molecule has 0 radical (unpaired) electrons. The van der Waals surface area contributed by atoms with E-state index in [-0.39, 0.29) is 16.5 Å². The second kappa shape index (κ2) is 7.85. The fourth-order valence-corrected chi connectivity index (χ4v) is 4.44. The third-order valence-electron chi connectivity index (χ3n) is 4.34. The van der Waals surface area contributed by atoms with Crippen molar-refractivity contribution in [3.8, 4) is 11.3 Å². The molecule has 2 N–H and O–H groups in total. The summed E-state index contributed by atoms with van der Waals surface area (Å²) in [5.74, 6) is 0. The number of aromatic nitrogens is 2. The highest BCUT2D eigenvalue weighted by molar-refractivity contribution is 7.89. The topological polar surface area (TPSA) is 91.9 Å². The van der Waals surface area contributed by atoms with E-state index < -0.39 is 10.0 Å². The van der Waals surface area contributed by atoms with Crippen molar-refractivity contribution in [1.82, 2.24) is 14.9 Å². The first kappa shape index (κ1) is 19.0. The van der Waals surface area contributed by atoms with Gasteiger partial charge in [0.2, 0.25) is 10.0 Å². The molecule has 0 fully saturated rings. The zero-order chi connectivity index (χ0) is 19.4. The lowest BCUT2D eigenvalue weighted by Crippen LogP contribution is -2.27. The molecular formula is C20H21N3O3S. The molecule has 140 valence electrons. The molecule has 0 saturated carbocycles. The fourth-order valence-electron chi connectivity index (χ4n) is 2.87. The van der Waals surface area contributed by atoms with Gasteiger partial charge in [-0.15, -0.1) is 0 Å². The first-order chi connectivity index (χ1) is 12.9. The average Bonchev–Trinajstić information content (AvgIpc) is 2.68. The van der Waals surface area contributed by atoms with Crippen LogP contribution in [-0.2, 0) is 16.4 Å². The van der Waals surface area contributed by atoms with Crippen LogP contribution in [0.1, 0.15) is 31.0 Å². The molecule has 0 saturated heterocycles. The van der Waals surface area contributed by atoms with E-state index in [2.05, 4.69) is 14.9 Å². The molecule has 0 unspecified atom stereocenters. The van der Waals surface area contributed by atoms with Gasteiger partial charge in [0.15, 0.2) is 0 Å². The van der Waals surface area contributed by atoms with Crippen molar-refractivity contribution < 1.29 is 8.42 Å². The maximum atomic E-state index is 13.0. The van der Waals surface area contributed by atoms with Gasteiger partial charge in [-0.25, -0.2) is 18.2 Å². The minimum atomic E-state index is -3.74. The number of aryl methyl sites for hydroxylation is 1. The molecule has 0 amide bonds. The minimum absolute atomic E-state index is 0.221. The van der Waals surface area contributed by atoms with Crippen LogP contribution >= 0.6 is 0 Å². The van der Waals surface area contributed by atoms with Crippen molar-refractivity contribution in [3.05, 3.63) is 82.1 Å². The van der Waals surface area contributed by atoms with Crippen LogP contribution in [0.25, 0.3) is 11.3 Å². The van der Waals surface area contributed by atoms with Gasteiger partial charge in [0.25, 0.3) is 5.56 Å². The first-order valence-electron chi connectivity index (χ1n) is 8.67. The Balaban J connectivity index is 1.99. The summed E-state index contributed by atoms with van der Waals surface area (Å²) in [7, 11) is -3.74. The monoisotopic (exact) mass is 383 g/mol. The maximum absolute atomic E-state index is 13.0. The van der Waals surface area contributed by atoms with E-state index in [9.17, 15) is 13.2 Å². The summed E-state index contributed by atoms with van der Waals surface area (Å²) in [4.78, 5) is 11.4. The molecule has 6 nitrogen and oxygen atoms in total. The van der Waals surface area contributed by atoms with E-state index in [1.165, 1.54) is 6.07 Å². The lowest BCUT2D eigenvalue weighted by atomic mass is 10.1. The SMILES string of the molecule is CCc1ccc(-c2ccc(=O)[nH]n2)cc1S(=O)(=O)N[C@@H](C)c1ccccc1. The first-order valence-corrected chi connectivity index (χ1v) is 10.2. The number of benzene rings is 2. The largest absolute Gasteiger partial charge is 0.268 e. The number of aromatic amines is 1.